The third-order valence-electron chi connectivity index (χ3n) is 4.82. The van der Waals surface area contributed by atoms with E-state index in [2.05, 4.69) is 5.32 Å². The molecule has 2 rings (SSSR count). The third kappa shape index (κ3) is 5.00. The first-order valence-electron chi connectivity index (χ1n) is 9.37. The Morgan fingerprint density at radius 3 is 2.24 bits per heavy atom. The Kier molecular flexibility index (Phi) is 7.13. The van der Waals surface area contributed by atoms with Crippen LogP contribution in [0.5, 0.6) is 0 Å². The molecule has 8 heteroatoms. The summed E-state index contributed by atoms with van der Waals surface area (Å²) in [4.78, 5) is 12.4. The molecule has 0 saturated heterocycles. The second-order valence-electron chi connectivity index (χ2n) is 7.28. The minimum atomic E-state index is -3.83. The van der Waals surface area contributed by atoms with E-state index >= 15 is 0 Å². The van der Waals surface area contributed by atoms with Crippen molar-refractivity contribution in [1.29, 1.82) is 0 Å². The van der Waals surface area contributed by atoms with Crippen LogP contribution in [0.1, 0.15) is 43.6 Å². The summed E-state index contributed by atoms with van der Waals surface area (Å²) in [5, 5.41) is 2.59. The van der Waals surface area contributed by atoms with Crippen LogP contribution in [0.2, 0.25) is 0 Å². The highest BCUT2D eigenvalue weighted by Crippen LogP contribution is 2.25. The first kappa shape index (κ1) is 23.0. The molecule has 0 bridgehead atoms. The molecule has 0 aliphatic carbocycles. The van der Waals surface area contributed by atoms with Gasteiger partial charge in [-0.15, -0.1) is 0 Å². The van der Waals surface area contributed by atoms with Gasteiger partial charge in [0, 0.05) is 25.0 Å². The fourth-order valence-electron chi connectivity index (χ4n) is 3.05. The Morgan fingerprint density at radius 2 is 1.66 bits per heavy atom. The van der Waals surface area contributed by atoms with Gasteiger partial charge in [0.2, 0.25) is 10.0 Å². The first-order chi connectivity index (χ1) is 13.5. The molecule has 5 nitrogen and oxygen atoms in total. The second-order valence-corrected chi connectivity index (χ2v) is 9.22. The number of hydrogen-bond donors (Lipinski definition) is 1. The number of halogens is 2. The summed E-state index contributed by atoms with van der Waals surface area (Å²) >= 11 is 0. The van der Waals surface area contributed by atoms with Crippen molar-refractivity contribution < 1.29 is 22.0 Å². The van der Waals surface area contributed by atoms with Crippen LogP contribution in [0.25, 0.3) is 0 Å². The Morgan fingerprint density at radius 1 is 1.03 bits per heavy atom. The molecule has 0 saturated carbocycles. The lowest BCUT2D eigenvalue weighted by atomic mass is 9.84. The number of benzene rings is 2. The van der Waals surface area contributed by atoms with E-state index in [1.165, 1.54) is 10.4 Å². The Balaban J connectivity index is 2.26. The second kappa shape index (κ2) is 9.00. The standard InChI is InChI=1S/C21H26F2N2O3S/c1-5-25(6-2)29(27,28)15-11-12-18(22)16(13-15)20(26)24-14-21(3,4)17-9-7-8-10-19(17)23/h7-13H,5-6,14H2,1-4H3,(H,24,26). The molecule has 0 fully saturated rings. The van der Waals surface area contributed by atoms with Crippen LogP contribution < -0.4 is 5.32 Å². The molecule has 1 N–H and O–H groups in total. The highest BCUT2D eigenvalue weighted by Gasteiger charge is 2.27. The van der Waals surface area contributed by atoms with Gasteiger partial charge in [0.25, 0.3) is 5.91 Å². The van der Waals surface area contributed by atoms with Gasteiger partial charge < -0.3 is 5.32 Å². The van der Waals surface area contributed by atoms with Crippen molar-refractivity contribution >= 4 is 15.9 Å². The molecule has 0 heterocycles. The van der Waals surface area contributed by atoms with Crippen LogP contribution in [0.15, 0.2) is 47.4 Å². The summed E-state index contributed by atoms with van der Waals surface area (Å²) < 4.78 is 54.9. The number of nitrogens with zero attached hydrogens (tertiary/aromatic N) is 1. The first-order valence-corrected chi connectivity index (χ1v) is 10.8. The number of amides is 1. The highest BCUT2D eigenvalue weighted by atomic mass is 32.2. The highest BCUT2D eigenvalue weighted by molar-refractivity contribution is 7.89. The molecule has 0 spiro atoms. The number of carbonyl (C=O) groups is 1. The fourth-order valence-corrected chi connectivity index (χ4v) is 4.54. The fraction of sp³-hybridized carbons (Fsp3) is 0.381. The monoisotopic (exact) mass is 424 g/mol. The average Bonchev–Trinajstić information content (AvgIpc) is 2.67. The summed E-state index contributed by atoms with van der Waals surface area (Å²) in [7, 11) is -3.83. The van der Waals surface area contributed by atoms with Gasteiger partial charge in [-0.25, -0.2) is 17.2 Å². The quantitative estimate of drug-likeness (QED) is 0.703. The molecular weight excluding hydrogens is 398 g/mol. The summed E-state index contributed by atoms with van der Waals surface area (Å²) in [6.07, 6.45) is 0. The summed E-state index contributed by atoms with van der Waals surface area (Å²) in [6, 6.07) is 9.37. The molecule has 29 heavy (non-hydrogen) atoms. The molecule has 0 aliphatic rings. The molecule has 0 radical (unpaired) electrons. The van der Waals surface area contributed by atoms with Crippen molar-refractivity contribution in [1.82, 2.24) is 9.62 Å². The van der Waals surface area contributed by atoms with E-state index in [0.717, 1.165) is 18.2 Å². The molecule has 1 amide bonds. The molecule has 0 aliphatic heterocycles. The van der Waals surface area contributed by atoms with Gasteiger partial charge in [0.15, 0.2) is 0 Å². The molecule has 2 aromatic rings. The third-order valence-corrected chi connectivity index (χ3v) is 6.87. The predicted molar refractivity (Wildman–Crippen MR) is 108 cm³/mol. The smallest absolute Gasteiger partial charge is 0.254 e. The molecule has 158 valence electrons. The van der Waals surface area contributed by atoms with E-state index in [0.29, 0.717) is 5.56 Å². The maximum Gasteiger partial charge on any atom is 0.254 e. The van der Waals surface area contributed by atoms with Gasteiger partial charge in [-0.05, 0) is 29.8 Å². The topological polar surface area (TPSA) is 66.5 Å². The lowest BCUT2D eigenvalue weighted by Gasteiger charge is -2.26. The number of sulfonamides is 1. The number of carbonyl (C=O) groups excluding carboxylic acids is 1. The van der Waals surface area contributed by atoms with Crippen molar-refractivity contribution in [3.8, 4) is 0 Å². The predicted octanol–water partition coefficient (Wildman–Crippen LogP) is 3.70. The van der Waals surface area contributed by atoms with Gasteiger partial charge in [0.05, 0.1) is 10.5 Å². The van der Waals surface area contributed by atoms with Crippen molar-refractivity contribution in [2.75, 3.05) is 19.6 Å². The van der Waals surface area contributed by atoms with Gasteiger partial charge in [-0.2, -0.15) is 4.31 Å². The van der Waals surface area contributed by atoms with Crippen LogP contribution in [0.3, 0.4) is 0 Å². The van der Waals surface area contributed by atoms with Gasteiger partial charge in [0.1, 0.15) is 11.6 Å². The Hall–Kier alpha value is -2.32. The number of hydrogen-bond acceptors (Lipinski definition) is 3. The van der Waals surface area contributed by atoms with Crippen molar-refractivity contribution in [3.05, 3.63) is 65.2 Å². The van der Waals surface area contributed by atoms with Crippen LogP contribution in [-0.2, 0) is 15.4 Å². The van der Waals surface area contributed by atoms with Gasteiger partial charge in [-0.1, -0.05) is 45.9 Å². The minimum absolute atomic E-state index is 0.0409. The lowest BCUT2D eigenvalue weighted by molar-refractivity contribution is 0.0941. The molecule has 0 atom stereocenters. The van der Waals surface area contributed by atoms with E-state index in [-0.39, 0.29) is 30.1 Å². The zero-order valence-electron chi connectivity index (χ0n) is 17.0. The van der Waals surface area contributed by atoms with E-state index in [1.54, 1.807) is 45.9 Å². The normalized spacial score (nSPS) is 12.2. The zero-order valence-corrected chi connectivity index (χ0v) is 17.8. The van der Waals surface area contributed by atoms with Crippen LogP contribution >= 0.6 is 0 Å². The zero-order chi connectivity index (χ0) is 21.8. The molecule has 0 aromatic heterocycles. The van der Waals surface area contributed by atoms with Crippen LogP contribution in [0, 0.1) is 11.6 Å². The molecule has 0 unspecified atom stereocenters. The van der Waals surface area contributed by atoms with E-state index in [9.17, 15) is 22.0 Å². The Labute approximate surface area is 170 Å². The summed E-state index contributed by atoms with van der Waals surface area (Å²) in [5.41, 5.74) is -0.705. The largest absolute Gasteiger partial charge is 0.351 e. The average molecular weight is 425 g/mol. The molecular formula is C21H26F2N2O3S. The van der Waals surface area contributed by atoms with Crippen LogP contribution in [0.4, 0.5) is 8.78 Å². The van der Waals surface area contributed by atoms with Crippen molar-refractivity contribution in [3.63, 3.8) is 0 Å². The SMILES string of the molecule is CCN(CC)S(=O)(=O)c1ccc(F)c(C(=O)NCC(C)(C)c2ccccc2F)c1. The van der Waals surface area contributed by atoms with E-state index in [4.69, 9.17) is 0 Å². The van der Waals surface area contributed by atoms with E-state index < -0.39 is 33.0 Å². The molecule has 2 aromatic carbocycles. The Bertz CT molecular complexity index is 987. The van der Waals surface area contributed by atoms with Crippen LogP contribution in [-0.4, -0.2) is 38.3 Å². The number of rotatable bonds is 8. The van der Waals surface area contributed by atoms with Gasteiger partial charge in [-0.3, -0.25) is 4.79 Å². The summed E-state index contributed by atoms with van der Waals surface area (Å²) in [6.45, 7) is 7.46. The maximum absolute atomic E-state index is 14.3. The summed E-state index contributed by atoms with van der Waals surface area (Å²) in [5.74, 6) is -1.99. The van der Waals surface area contributed by atoms with Gasteiger partial charge >= 0.3 is 0 Å². The lowest BCUT2D eigenvalue weighted by Crippen LogP contribution is -2.37. The van der Waals surface area contributed by atoms with E-state index in [1.807, 2.05) is 0 Å². The minimum Gasteiger partial charge on any atom is -0.351 e. The van der Waals surface area contributed by atoms with Crippen molar-refractivity contribution in [2.45, 2.75) is 38.0 Å². The van der Waals surface area contributed by atoms with Crippen molar-refractivity contribution in [2.24, 2.45) is 0 Å². The number of nitrogens with one attached hydrogen (secondary N) is 1. The maximum atomic E-state index is 14.3.